The van der Waals surface area contributed by atoms with Crippen molar-refractivity contribution >= 4 is 27.3 Å². The van der Waals surface area contributed by atoms with E-state index in [0.29, 0.717) is 22.1 Å². The number of thiophene rings is 1. The molecule has 1 aromatic carbocycles. The van der Waals surface area contributed by atoms with Gasteiger partial charge in [-0.15, -0.1) is 11.3 Å². The van der Waals surface area contributed by atoms with Gasteiger partial charge in [-0.25, -0.2) is 17.5 Å². The van der Waals surface area contributed by atoms with Gasteiger partial charge in [0.1, 0.15) is 10.6 Å². The molecular weight excluding hydrogens is 354 g/mol. The van der Waals surface area contributed by atoms with E-state index in [4.69, 9.17) is 14.2 Å². The lowest BCUT2D eigenvalue weighted by atomic mass is 10.3. The van der Waals surface area contributed by atoms with Crippen LogP contribution in [0.2, 0.25) is 0 Å². The second-order valence-corrected chi connectivity index (χ2v) is 8.60. The third kappa shape index (κ3) is 2.97. The molecule has 128 valence electrons. The molecule has 0 saturated carbocycles. The largest absolute Gasteiger partial charge is 0.454 e. The molecule has 0 aliphatic carbocycles. The summed E-state index contributed by atoms with van der Waals surface area (Å²) in [5, 5.41) is 0. The first kappa shape index (κ1) is 16.7. The Bertz CT molecular complexity index is 901. The normalized spacial score (nSPS) is 13.3. The lowest BCUT2D eigenvalue weighted by Crippen LogP contribution is -2.22. The van der Waals surface area contributed by atoms with Gasteiger partial charge in [-0.2, -0.15) is 0 Å². The standard InChI is InChI=1S/C15H15NO6S2/c1-9-14(24(18,19)16(2)3)7-13(23-9)15(17)22-10-4-5-11-12(6-10)21-8-20-11/h4-7H,8H2,1-3H3. The molecule has 1 aromatic heterocycles. The molecule has 2 aromatic rings. The lowest BCUT2D eigenvalue weighted by molar-refractivity contribution is 0.0739. The minimum atomic E-state index is -3.60. The van der Waals surface area contributed by atoms with Gasteiger partial charge in [0.25, 0.3) is 0 Å². The maximum Gasteiger partial charge on any atom is 0.353 e. The summed E-state index contributed by atoms with van der Waals surface area (Å²) in [6.07, 6.45) is 0. The number of ether oxygens (including phenoxy) is 3. The Hall–Kier alpha value is -2.10. The van der Waals surface area contributed by atoms with Crippen molar-refractivity contribution in [2.24, 2.45) is 0 Å². The number of fused-ring (bicyclic) bond motifs is 1. The van der Waals surface area contributed by atoms with Crippen LogP contribution in [0.3, 0.4) is 0 Å². The van der Waals surface area contributed by atoms with Crippen LogP contribution in [0.4, 0.5) is 0 Å². The van der Waals surface area contributed by atoms with Gasteiger partial charge >= 0.3 is 5.97 Å². The number of rotatable bonds is 4. The summed E-state index contributed by atoms with van der Waals surface area (Å²) >= 11 is 1.08. The van der Waals surface area contributed by atoms with Crippen LogP contribution in [0.5, 0.6) is 17.2 Å². The fraction of sp³-hybridized carbons (Fsp3) is 0.267. The molecule has 2 heterocycles. The Morgan fingerprint density at radius 2 is 1.92 bits per heavy atom. The third-order valence-electron chi connectivity index (χ3n) is 3.39. The van der Waals surface area contributed by atoms with Gasteiger partial charge in [0, 0.05) is 25.0 Å². The quantitative estimate of drug-likeness (QED) is 0.607. The maximum atomic E-state index is 12.3. The number of nitrogens with zero attached hydrogens (tertiary/aromatic N) is 1. The van der Waals surface area contributed by atoms with Crippen LogP contribution in [0.1, 0.15) is 14.5 Å². The van der Waals surface area contributed by atoms with E-state index in [0.717, 1.165) is 15.6 Å². The molecule has 0 N–H and O–H groups in total. The highest BCUT2D eigenvalue weighted by atomic mass is 32.2. The van der Waals surface area contributed by atoms with E-state index >= 15 is 0 Å². The summed E-state index contributed by atoms with van der Waals surface area (Å²) < 4.78 is 41.3. The van der Waals surface area contributed by atoms with Crippen molar-refractivity contribution in [3.63, 3.8) is 0 Å². The first-order chi connectivity index (χ1) is 11.3. The van der Waals surface area contributed by atoms with Gasteiger partial charge in [0.15, 0.2) is 11.5 Å². The highest BCUT2D eigenvalue weighted by Crippen LogP contribution is 2.35. The minimum Gasteiger partial charge on any atom is -0.454 e. The third-order valence-corrected chi connectivity index (χ3v) is 6.49. The van der Waals surface area contributed by atoms with Crippen molar-refractivity contribution in [3.05, 3.63) is 34.0 Å². The van der Waals surface area contributed by atoms with Crippen LogP contribution in [-0.2, 0) is 10.0 Å². The highest BCUT2D eigenvalue weighted by Gasteiger charge is 2.25. The number of hydrogen-bond acceptors (Lipinski definition) is 7. The molecule has 3 rings (SSSR count). The molecule has 0 radical (unpaired) electrons. The van der Waals surface area contributed by atoms with Gasteiger partial charge in [-0.05, 0) is 25.1 Å². The summed E-state index contributed by atoms with van der Waals surface area (Å²) in [5.41, 5.74) is 0. The molecule has 9 heteroatoms. The average Bonchev–Trinajstić information content (AvgIpc) is 3.13. The van der Waals surface area contributed by atoms with Crippen LogP contribution in [0.25, 0.3) is 0 Å². The highest BCUT2D eigenvalue weighted by molar-refractivity contribution is 7.89. The van der Waals surface area contributed by atoms with Crippen LogP contribution in [0, 0.1) is 6.92 Å². The number of sulfonamides is 1. The molecular formula is C15H15NO6S2. The van der Waals surface area contributed by atoms with E-state index in [1.54, 1.807) is 25.1 Å². The summed E-state index contributed by atoms with van der Waals surface area (Å²) in [5.74, 6) is 0.758. The van der Waals surface area contributed by atoms with Crippen LogP contribution < -0.4 is 14.2 Å². The zero-order chi connectivity index (χ0) is 17.5. The Morgan fingerprint density at radius 1 is 1.21 bits per heavy atom. The van der Waals surface area contributed by atoms with Crippen molar-refractivity contribution in [1.29, 1.82) is 0 Å². The van der Waals surface area contributed by atoms with E-state index < -0.39 is 16.0 Å². The fourth-order valence-corrected chi connectivity index (χ4v) is 4.45. The van der Waals surface area contributed by atoms with E-state index in [-0.39, 0.29) is 16.6 Å². The molecule has 0 atom stereocenters. The number of benzene rings is 1. The molecule has 7 nitrogen and oxygen atoms in total. The SMILES string of the molecule is Cc1sc(C(=O)Oc2ccc3c(c2)OCO3)cc1S(=O)(=O)N(C)C. The van der Waals surface area contributed by atoms with Crippen LogP contribution in [-0.4, -0.2) is 39.6 Å². The molecule has 0 amide bonds. The number of aryl methyl sites for hydroxylation is 1. The van der Waals surface area contributed by atoms with Gasteiger partial charge in [-0.1, -0.05) is 0 Å². The summed E-state index contributed by atoms with van der Waals surface area (Å²) in [7, 11) is -0.719. The minimum absolute atomic E-state index is 0.107. The second-order valence-electron chi connectivity index (χ2n) is 5.22. The van der Waals surface area contributed by atoms with Crippen LogP contribution >= 0.6 is 11.3 Å². The number of carbonyl (C=O) groups is 1. The van der Waals surface area contributed by atoms with Crippen molar-refractivity contribution < 1.29 is 27.4 Å². The van der Waals surface area contributed by atoms with Gasteiger partial charge in [-0.3, -0.25) is 0 Å². The Balaban J connectivity index is 1.84. The van der Waals surface area contributed by atoms with Crippen molar-refractivity contribution in [1.82, 2.24) is 4.31 Å². The smallest absolute Gasteiger partial charge is 0.353 e. The Kier molecular flexibility index (Phi) is 4.24. The monoisotopic (exact) mass is 369 g/mol. The predicted molar refractivity (Wildman–Crippen MR) is 87.5 cm³/mol. The summed E-state index contributed by atoms with van der Waals surface area (Å²) in [4.78, 5) is 13.1. The fourth-order valence-electron chi connectivity index (χ4n) is 2.12. The van der Waals surface area contributed by atoms with Gasteiger partial charge in [0.05, 0.1) is 4.90 Å². The number of carbonyl (C=O) groups excluding carboxylic acids is 1. The Morgan fingerprint density at radius 3 is 2.62 bits per heavy atom. The summed E-state index contributed by atoms with van der Waals surface area (Å²) in [6.45, 7) is 1.78. The molecule has 0 bridgehead atoms. The van der Waals surface area contributed by atoms with E-state index in [1.807, 2.05) is 0 Å². The maximum absolute atomic E-state index is 12.3. The molecule has 0 spiro atoms. The van der Waals surface area contributed by atoms with Gasteiger partial charge in [0.2, 0.25) is 16.8 Å². The number of esters is 1. The van der Waals surface area contributed by atoms with Gasteiger partial charge < -0.3 is 14.2 Å². The van der Waals surface area contributed by atoms with E-state index in [9.17, 15) is 13.2 Å². The zero-order valence-electron chi connectivity index (χ0n) is 13.2. The first-order valence-electron chi connectivity index (χ1n) is 6.94. The molecule has 0 unspecified atom stereocenters. The molecule has 0 saturated heterocycles. The second kappa shape index (κ2) is 6.08. The molecule has 1 aliphatic rings. The van der Waals surface area contributed by atoms with Crippen molar-refractivity contribution in [2.75, 3.05) is 20.9 Å². The zero-order valence-corrected chi connectivity index (χ0v) is 14.9. The van der Waals surface area contributed by atoms with Crippen molar-refractivity contribution in [2.45, 2.75) is 11.8 Å². The molecule has 1 aliphatic heterocycles. The predicted octanol–water partition coefficient (Wildman–Crippen LogP) is 2.25. The topological polar surface area (TPSA) is 82.1 Å². The summed E-state index contributed by atoms with van der Waals surface area (Å²) in [6, 6.07) is 6.12. The first-order valence-corrected chi connectivity index (χ1v) is 9.19. The molecule has 0 fully saturated rings. The lowest BCUT2D eigenvalue weighted by Gasteiger charge is -2.10. The van der Waals surface area contributed by atoms with E-state index in [2.05, 4.69) is 0 Å². The van der Waals surface area contributed by atoms with Crippen LogP contribution in [0.15, 0.2) is 29.2 Å². The Labute approximate surface area is 143 Å². The van der Waals surface area contributed by atoms with Crippen molar-refractivity contribution in [3.8, 4) is 17.2 Å². The number of hydrogen-bond donors (Lipinski definition) is 0. The molecule has 24 heavy (non-hydrogen) atoms. The average molecular weight is 369 g/mol. The van der Waals surface area contributed by atoms with E-state index in [1.165, 1.54) is 20.2 Å².